The number of benzene rings is 4. The zero-order chi connectivity index (χ0) is 53.9. The van der Waals surface area contributed by atoms with Gasteiger partial charge in [0, 0.05) is 41.0 Å². The van der Waals surface area contributed by atoms with E-state index in [1.54, 1.807) is 39.0 Å². The SMILES string of the molecule is COc1cnccc1-c1cccc(C2CCCN2S(=O)(=O)c2cccc(C(F)(F)F)c2)c1.COc1cnccc1B1OC(C)(C)C(C)(C)O1.O=S(=O)(c1cccc(C(F)(F)F)c1)N1CCCC1c1cccc(Br)c1. The fourth-order valence-electron chi connectivity index (χ4n) is 8.79. The molecule has 0 aliphatic carbocycles. The number of pyridine rings is 2. The first kappa shape index (κ1) is 56.4. The van der Waals surface area contributed by atoms with Crippen LogP contribution < -0.4 is 14.9 Å². The quantitative estimate of drug-likeness (QED) is 0.0963. The van der Waals surface area contributed by atoms with Gasteiger partial charge in [0.15, 0.2) is 0 Å². The van der Waals surface area contributed by atoms with Gasteiger partial charge in [-0.15, -0.1) is 0 Å². The van der Waals surface area contributed by atoms with Crippen LogP contribution in [-0.2, 0) is 41.7 Å². The largest absolute Gasteiger partial charge is 0.498 e. The molecule has 5 heterocycles. The third kappa shape index (κ3) is 12.5. The molecule has 394 valence electrons. The topological polar surface area (TPSA) is 137 Å². The molecular formula is C52H54BBrF6N4O8S2. The lowest BCUT2D eigenvalue weighted by atomic mass is 9.79. The Morgan fingerprint density at radius 1 is 0.622 bits per heavy atom. The van der Waals surface area contributed by atoms with Crippen molar-refractivity contribution in [3.05, 3.63) is 161 Å². The summed E-state index contributed by atoms with van der Waals surface area (Å²) in [6.45, 7) is 8.64. The van der Waals surface area contributed by atoms with Crippen LogP contribution in [0.25, 0.3) is 11.1 Å². The molecule has 22 heteroatoms. The number of methoxy groups -OCH3 is 2. The highest BCUT2D eigenvalue weighted by atomic mass is 79.9. The van der Waals surface area contributed by atoms with Crippen molar-refractivity contribution < 1.29 is 62.0 Å². The molecule has 0 amide bonds. The van der Waals surface area contributed by atoms with Crippen LogP contribution in [0.5, 0.6) is 11.5 Å². The lowest BCUT2D eigenvalue weighted by Gasteiger charge is -2.32. The van der Waals surface area contributed by atoms with Gasteiger partial charge in [-0.25, -0.2) is 16.8 Å². The number of alkyl halides is 6. The third-order valence-corrected chi connectivity index (χ3v) is 17.6. The van der Waals surface area contributed by atoms with E-state index in [-0.39, 0.29) is 40.1 Å². The fraction of sp³-hybridized carbons (Fsp3) is 0.346. The van der Waals surface area contributed by atoms with Crippen molar-refractivity contribution in [2.24, 2.45) is 0 Å². The summed E-state index contributed by atoms with van der Waals surface area (Å²) >= 11 is 3.36. The molecule has 2 aromatic heterocycles. The summed E-state index contributed by atoms with van der Waals surface area (Å²) < 4.78 is 156. The number of hydrogen-bond donors (Lipinski definition) is 0. The number of sulfonamides is 2. The average Bonchev–Trinajstić information content (AvgIpc) is 4.13. The Morgan fingerprint density at radius 3 is 1.57 bits per heavy atom. The molecule has 2 atom stereocenters. The van der Waals surface area contributed by atoms with Crippen LogP contribution in [-0.4, -0.2) is 81.0 Å². The van der Waals surface area contributed by atoms with Gasteiger partial charge in [-0.2, -0.15) is 35.0 Å². The minimum Gasteiger partial charge on any atom is -0.496 e. The van der Waals surface area contributed by atoms with Gasteiger partial charge >= 0.3 is 19.5 Å². The van der Waals surface area contributed by atoms with Crippen LogP contribution in [0, 0.1) is 0 Å². The molecule has 2 unspecified atom stereocenters. The van der Waals surface area contributed by atoms with Crippen molar-refractivity contribution in [2.45, 2.75) is 98.8 Å². The van der Waals surface area contributed by atoms with Crippen molar-refractivity contribution >= 4 is 48.6 Å². The second-order valence-corrected chi connectivity index (χ2v) is 23.3. The van der Waals surface area contributed by atoms with Gasteiger partial charge in [-0.05, 0) is 137 Å². The first-order valence-electron chi connectivity index (χ1n) is 23.3. The number of rotatable bonds is 10. The first-order chi connectivity index (χ1) is 34.8. The zero-order valence-corrected chi connectivity index (χ0v) is 44.4. The Labute approximate surface area is 436 Å². The van der Waals surface area contributed by atoms with Gasteiger partial charge in [0.2, 0.25) is 20.0 Å². The van der Waals surface area contributed by atoms with Gasteiger partial charge in [-0.1, -0.05) is 58.4 Å². The Balaban J connectivity index is 0.000000170. The number of nitrogens with zero attached hydrogens (tertiary/aromatic N) is 4. The van der Waals surface area contributed by atoms with Crippen molar-refractivity contribution in [2.75, 3.05) is 27.3 Å². The standard InChI is InChI=1S/C23H21F3N2O3S.C17H15BrF3NO2S.C12H18BNO3/c1-31-22-15-27-11-10-20(22)16-5-2-6-17(13-16)21-9-4-12-28(21)32(29,30)19-8-3-7-18(14-19)23(24,25)26;18-14-6-1-4-12(10-14)16-8-3-9-22(16)25(23,24)15-7-2-5-13(11-15)17(19,20)21;1-11(2)12(3,4)17-13(16-11)9-6-7-14-8-10(9)15-5/h2-3,5-8,10-11,13-15,21H,4,9,12H2,1H3;1-2,4-7,10-11,16H,3,8-9H2;6-8H,1-5H3. The fourth-order valence-corrected chi connectivity index (χ4v) is 12.7. The molecule has 0 radical (unpaired) electrons. The second kappa shape index (κ2) is 22.5. The summed E-state index contributed by atoms with van der Waals surface area (Å²) in [5.74, 6) is 1.27. The minimum atomic E-state index is -4.62. The molecule has 3 aliphatic heterocycles. The predicted molar refractivity (Wildman–Crippen MR) is 271 cm³/mol. The van der Waals surface area contributed by atoms with E-state index in [1.807, 2.05) is 88.4 Å². The van der Waals surface area contributed by atoms with Gasteiger partial charge in [0.05, 0.1) is 70.8 Å². The summed E-state index contributed by atoms with van der Waals surface area (Å²) in [5.41, 5.74) is 1.49. The van der Waals surface area contributed by atoms with Crippen LogP contribution in [0.4, 0.5) is 26.3 Å². The van der Waals surface area contributed by atoms with Gasteiger partial charge in [0.25, 0.3) is 0 Å². The summed E-state index contributed by atoms with van der Waals surface area (Å²) in [6.07, 6.45) is -0.0886. The van der Waals surface area contributed by atoms with E-state index in [4.69, 9.17) is 18.8 Å². The highest BCUT2D eigenvalue weighted by Crippen LogP contribution is 2.42. The smallest absolute Gasteiger partial charge is 0.496 e. The first-order valence-corrected chi connectivity index (χ1v) is 27.0. The number of halogens is 7. The number of hydrogen-bond acceptors (Lipinski definition) is 10. The second-order valence-electron chi connectivity index (χ2n) is 18.6. The van der Waals surface area contributed by atoms with Crippen LogP contribution in [0.3, 0.4) is 0 Å². The Hall–Kier alpha value is -5.36. The molecule has 6 aromatic rings. The van der Waals surface area contributed by atoms with E-state index in [0.717, 1.165) is 56.5 Å². The van der Waals surface area contributed by atoms with E-state index < -0.39 is 56.7 Å². The van der Waals surface area contributed by atoms with Crippen LogP contribution in [0.2, 0.25) is 0 Å². The van der Waals surface area contributed by atoms with E-state index in [2.05, 4.69) is 25.9 Å². The minimum absolute atomic E-state index is 0.242. The van der Waals surface area contributed by atoms with Crippen molar-refractivity contribution in [3.8, 4) is 22.6 Å². The van der Waals surface area contributed by atoms with Crippen LogP contribution >= 0.6 is 15.9 Å². The van der Waals surface area contributed by atoms with E-state index in [1.165, 1.54) is 20.7 Å². The predicted octanol–water partition coefficient (Wildman–Crippen LogP) is 11.7. The van der Waals surface area contributed by atoms with Crippen LogP contribution in [0.15, 0.2) is 148 Å². The average molecular weight is 1130 g/mol. The maximum atomic E-state index is 13.3. The molecule has 3 aliphatic rings. The third-order valence-electron chi connectivity index (χ3n) is 13.3. The normalized spacial score (nSPS) is 19.0. The van der Waals surface area contributed by atoms with E-state index in [9.17, 15) is 43.2 Å². The number of aromatic nitrogens is 2. The maximum absolute atomic E-state index is 13.3. The maximum Gasteiger partial charge on any atom is 0.498 e. The Kier molecular flexibility index (Phi) is 17.1. The molecule has 9 rings (SSSR count). The van der Waals surface area contributed by atoms with Crippen molar-refractivity contribution in [3.63, 3.8) is 0 Å². The molecule has 0 spiro atoms. The monoisotopic (exact) mass is 1130 g/mol. The molecule has 0 bridgehead atoms. The molecule has 12 nitrogen and oxygen atoms in total. The molecule has 3 fully saturated rings. The summed E-state index contributed by atoms with van der Waals surface area (Å²) in [7, 11) is -5.37. The molecular weight excluding hydrogens is 1080 g/mol. The van der Waals surface area contributed by atoms with Crippen LogP contribution in [0.1, 0.15) is 87.7 Å². The lowest BCUT2D eigenvalue weighted by molar-refractivity contribution is -0.138. The highest BCUT2D eigenvalue weighted by molar-refractivity contribution is 9.10. The Morgan fingerprint density at radius 2 is 1.08 bits per heavy atom. The van der Waals surface area contributed by atoms with Crippen molar-refractivity contribution in [1.29, 1.82) is 0 Å². The van der Waals surface area contributed by atoms with Gasteiger partial charge < -0.3 is 18.8 Å². The lowest BCUT2D eigenvalue weighted by Crippen LogP contribution is -2.41. The summed E-state index contributed by atoms with van der Waals surface area (Å²) in [4.78, 5) is 7.39. The number of ether oxygens (including phenoxy) is 2. The van der Waals surface area contributed by atoms with E-state index >= 15 is 0 Å². The highest BCUT2D eigenvalue weighted by Gasteiger charge is 2.52. The van der Waals surface area contributed by atoms with Gasteiger partial charge in [0.1, 0.15) is 11.5 Å². The molecule has 4 aromatic carbocycles. The molecule has 3 saturated heterocycles. The van der Waals surface area contributed by atoms with Gasteiger partial charge in [-0.3, -0.25) is 9.97 Å². The molecule has 74 heavy (non-hydrogen) atoms. The zero-order valence-electron chi connectivity index (χ0n) is 41.2. The Bertz CT molecular complexity index is 3150. The van der Waals surface area contributed by atoms with Crippen molar-refractivity contribution in [1.82, 2.24) is 18.6 Å². The molecule has 0 N–H and O–H groups in total. The summed E-state index contributed by atoms with van der Waals surface area (Å²) in [5, 5.41) is 0. The van der Waals surface area contributed by atoms with E-state index in [0.29, 0.717) is 49.3 Å². The molecule has 0 saturated carbocycles. The summed E-state index contributed by atoms with van der Waals surface area (Å²) in [6, 6.07) is 25.4.